The van der Waals surface area contributed by atoms with Crippen LogP contribution in [0.25, 0.3) is 16.7 Å². The molecule has 1 aliphatic rings. The van der Waals surface area contributed by atoms with E-state index in [4.69, 9.17) is 0 Å². The van der Waals surface area contributed by atoms with Crippen molar-refractivity contribution in [3.8, 4) is 17.2 Å². The van der Waals surface area contributed by atoms with E-state index in [0.29, 0.717) is 0 Å². The first-order valence-electron chi connectivity index (χ1n) is 8.73. The third-order valence-electron chi connectivity index (χ3n) is 4.79. The minimum absolute atomic E-state index is 0.302. The van der Waals surface area contributed by atoms with Crippen LogP contribution in [0, 0.1) is 16.7 Å². The molecule has 3 rings (SSSR count). The number of hydrogen-bond acceptors (Lipinski definition) is 1. The second-order valence-electron chi connectivity index (χ2n) is 6.51. The molecule has 0 saturated carbocycles. The molecule has 1 heteroatoms. The first kappa shape index (κ1) is 16.3. The van der Waals surface area contributed by atoms with Crippen molar-refractivity contribution in [3.05, 3.63) is 78.4 Å². The van der Waals surface area contributed by atoms with Crippen LogP contribution in [0.5, 0.6) is 0 Å². The Balaban J connectivity index is 1.76. The Hall–Kier alpha value is -2.59. The maximum atomic E-state index is 9.56. The third-order valence-corrected chi connectivity index (χ3v) is 4.79. The molecule has 0 aromatic heterocycles. The van der Waals surface area contributed by atoms with Crippen LogP contribution in [0.15, 0.2) is 72.8 Å². The summed E-state index contributed by atoms with van der Waals surface area (Å²) in [6.45, 7) is 2.17. The SMILES string of the molecule is CCCCC1(C#N)C=CC(c2ccc(-c3ccccc3)cc2)=CC1. The predicted octanol–water partition coefficient (Wildman–Crippen LogP) is 6.40. The Labute approximate surface area is 145 Å². The Morgan fingerprint density at radius 1 is 0.958 bits per heavy atom. The van der Waals surface area contributed by atoms with Crippen LogP contribution in [0.4, 0.5) is 0 Å². The third kappa shape index (κ3) is 3.49. The van der Waals surface area contributed by atoms with E-state index in [2.05, 4.69) is 79.8 Å². The van der Waals surface area contributed by atoms with Gasteiger partial charge in [0.15, 0.2) is 0 Å². The van der Waals surface area contributed by atoms with Gasteiger partial charge in [0.2, 0.25) is 0 Å². The standard InChI is InChI=1S/C23H23N/c1-2-3-15-23(18-24)16-13-22(14-17-23)21-11-9-20(10-12-21)19-7-5-4-6-8-19/h4-14,16H,2-3,15,17H2,1H3. The fourth-order valence-electron chi connectivity index (χ4n) is 3.19. The quantitative estimate of drug-likeness (QED) is 0.626. The molecular formula is C23H23N. The van der Waals surface area contributed by atoms with Gasteiger partial charge >= 0.3 is 0 Å². The first-order valence-corrected chi connectivity index (χ1v) is 8.73. The smallest absolute Gasteiger partial charge is 0.0791 e. The molecule has 0 aliphatic heterocycles. The van der Waals surface area contributed by atoms with Crippen molar-refractivity contribution in [1.29, 1.82) is 5.26 Å². The summed E-state index contributed by atoms with van der Waals surface area (Å²) < 4.78 is 0. The Morgan fingerprint density at radius 2 is 1.62 bits per heavy atom. The van der Waals surface area contributed by atoms with Crippen LogP contribution >= 0.6 is 0 Å². The molecule has 0 N–H and O–H groups in total. The maximum absolute atomic E-state index is 9.56. The largest absolute Gasteiger partial charge is 0.197 e. The lowest BCUT2D eigenvalue weighted by Gasteiger charge is -2.25. The van der Waals surface area contributed by atoms with Gasteiger partial charge in [-0.25, -0.2) is 0 Å². The Kier molecular flexibility index (Phi) is 4.96. The molecule has 24 heavy (non-hydrogen) atoms. The van der Waals surface area contributed by atoms with Crippen molar-refractivity contribution in [2.45, 2.75) is 32.6 Å². The second-order valence-corrected chi connectivity index (χ2v) is 6.51. The van der Waals surface area contributed by atoms with Crippen molar-refractivity contribution in [3.63, 3.8) is 0 Å². The molecule has 0 fully saturated rings. The predicted molar refractivity (Wildman–Crippen MR) is 101 cm³/mol. The Bertz CT molecular complexity index is 775. The van der Waals surface area contributed by atoms with Crippen molar-refractivity contribution in [2.75, 3.05) is 0 Å². The first-order chi connectivity index (χ1) is 11.8. The van der Waals surface area contributed by atoms with Gasteiger partial charge in [0, 0.05) is 0 Å². The van der Waals surface area contributed by atoms with Gasteiger partial charge < -0.3 is 0 Å². The fourth-order valence-corrected chi connectivity index (χ4v) is 3.19. The average Bonchev–Trinajstić information content (AvgIpc) is 2.68. The van der Waals surface area contributed by atoms with E-state index >= 15 is 0 Å². The molecule has 0 spiro atoms. The van der Waals surface area contributed by atoms with Crippen LogP contribution in [-0.4, -0.2) is 0 Å². The summed E-state index contributed by atoms with van der Waals surface area (Å²) in [4.78, 5) is 0. The monoisotopic (exact) mass is 313 g/mol. The minimum Gasteiger partial charge on any atom is -0.197 e. The molecule has 0 bridgehead atoms. The molecule has 1 nitrogen and oxygen atoms in total. The van der Waals surface area contributed by atoms with E-state index in [1.165, 1.54) is 22.3 Å². The summed E-state index contributed by atoms with van der Waals surface area (Å²) in [6.07, 6.45) is 10.5. The van der Waals surface area contributed by atoms with E-state index in [-0.39, 0.29) is 5.41 Å². The minimum atomic E-state index is -0.302. The lowest BCUT2D eigenvalue weighted by Crippen LogP contribution is -2.16. The van der Waals surface area contributed by atoms with Crippen molar-refractivity contribution in [2.24, 2.45) is 5.41 Å². The number of unbranched alkanes of at least 4 members (excludes halogenated alkanes) is 1. The van der Waals surface area contributed by atoms with Gasteiger partial charge in [0.05, 0.1) is 11.5 Å². The van der Waals surface area contributed by atoms with Gasteiger partial charge in [-0.15, -0.1) is 0 Å². The highest BCUT2D eigenvalue weighted by Gasteiger charge is 2.27. The summed E-state index contributed by atoms with van der Waals surface area (Å²) in [5.41, 5.74) is 4.60. The maximum Gasteiger partial charge on any atom is 0.0791 e. The molecule has 1 unspecified atom stereocenters. The van der Waals surface area contributed by atoms with E-state index < -0.39 is 0 Å². The highest BCUT2D eigenvalue weighted by atomic mass is 14.4. The molecule has 0 amide bonds. The summed E-state index contributed by atoms with van der Waals surface area (Å²) >= 11 is 0. The average molecular weight is 313 g/mol. The lowest BCUT2D eigenvalue weighted by molar-refractivity contribution is 0.446. The van der Waals surface area contributed by atoms with Gasteiger partial charge in [-0.05, 0) is 35.1 Å². The highest BCUT2D eigenvalue weighted by molar-refractivity contribution is 5.77. The zero-order valence-corrected chi connectivity index (χ0v) is 14.2. The van der Waals surface area contributed by atoms with Crippen molar-refractivity contribution < 1.29 is 0 Å². The van der Waals surface area contributed by atoms with Gasteiger partial charge in [-0.3, -0.25) is 0 Å². The van der Waals surface area contributed by atoms with Gasteiger partial charge in [0.1, 0.15) is 0 Å². The van der Waals surface area contributed by atoms with Crippen LogP contribution in [0.3, 0.4) is 0 Å². The van der Waals surface area contributed by atoms with Crippen molar-refractivity contribution >= 4 is 5.57 Å². The van der Waals surface area contributed by atoms with Gasteiger partial charge in [0.25, 0.3) is 0 Å². The van der Waals surface area contributed by atoms with Crippen LogP contribution < -0.4 is 0 Å². The normalized spacial score (nSPS) is 19.6. The molecule has 1 atom stereocenters. The van der Waals surface area contributed by atoms with Crippen LogP contribution in [0.2, 0.25) is 0 Å². The van der Waals surface area contributed by atoms with E-state index in [1.807, 2.05) is 6.07 Å². The summed E-state index contributed by atoms with van der Waals surface area (Å²) in [5, 5.41) is 9.56. The number of allylic oxidation sites excluding steroid dienone is 4. The molecule has 2 aromatic carbocycles. The molecule has 0 saturated heterocycles. The molecule has 0 radical (unpaired) electrons. The topological polar surface area (TPSA) is 23.8 Å². The highest BCUT2D eigenvalue weighted by Crippen LogP contribution is 2.37. The molecule has 1 aliphatic carbocycles. The zero-order valence-electron chi connectivity index (χ0n) is 14.2. The van der Waals surface area contributed by atoms with E-state index in [1.54, 1.807) is 0 Å². The number of rotatable bonds is 5. The zero-order chi connectivity index (χ0) is 16.8. The second kappa shape index (κ2) is 7.32. The van der Waals surface area contributed by atoms with Crippen LogP contribution in [0.1, 0.15) is 38.2 Å². The van der Waals surface area contributed by atoms with Gasteiger partial charge in [-0.2, -0.15) is 5.26 Å². The molecule has 0 heterocycles. The molecular weight excluding hydrogens is 290 g/mol. The van der Waals surface area contributed by atoms with E-state index in [9.17, 15) is 5.26 Å². The number of benzene rings is 2. The summed E-state index contributed by atoms with van der Waals surface area (Å²) in [5.74, 6) is 0. The summed E-state index contributed by atoms with van der Waals surface area (Å²) in [6, 6.07) is 21.6. The Morgan fingerprint density at radius 3 is 2.21 bits per heavy atom. The molecule has 120 valence electrons. The lowest BCUT2D eigenvalue weighted by atomic mass is 9.76. The number of nitrogens with zero attached hydrogens (tertiary/aromatic N) is 1. The van der Waals surface area contributed by atoms with Crippen molar-refractivity contribution in [1.82, 2.24) is 0 Å². The van der Waals surface area contributed by atoms with Gasteiger partial charge in [-0.1, -0.05) is 92.6 Å². The molecule has 2 aromatic rings. The number of nitriles is 1. The fraction of sp³-hybridized carbons (Fsp3) is 0.261. The van der Waals surface area contributed by atoms with Crippen LogP contribution in [-0.2, 0) is 0 Å². The number of hydrogen-bond donors (Lipinski definition) is 0. The van der Waals surface area contributed by atoms with E-state index in [0.717, 1.165) is 25.7 Å². The summed E-state index contributed by atoms with van der Waals surface area (Å²) in [7, 11) is 0.